The lowest BCUT2D eigenvalue weighted by molar-refractivity contribution is 0.152. The fraction of sp³-hybridized carbons (Fsp3) is 0.600. The highest BCUT2D eigenvalue weighted by Gasteiger charge is 2.45. The van der Waals surface area contributed by atoms with E-state index in [4.69, 9.17) is 4.74 Å². The lowest BCUT2D eigenvalue weighted by atomic mass is 9.85. The summed E-state index contributed by atoms with van der Waals surface area (Å²) in [5.74, 6) is 2.06. The van der Waals surface area contributed by atoms with E-state index in [0.29, 0.717) is 5.41 Å². The van der Waals surface area contributed by atoms with Gasteiger partial charge in [0, 0.05) is 5.41 Å². The maximum absolute atomic E-state index is 5.99. The Morgan fingerprint density at radius 2 is 2.12 bits per heavy atom. The van der Waals surface area contributed by atoms with Gasteiger partial charge < -0.3 is 4.74 Å². The van der Waals surface area contributed by atoms with Crippen molar-refractivity contribution in [3.63, 3.8) is 0 Å². The summed E-state index contributed by atoms with van der Waals surface area (Å²) in [5.41, 5.74) is 1.82. The molecule has 2 aliphatic rings. The molecule has 1 aromatic carbocycles. The van der Waals surface area contributed by atoms with Crippen molar-refractivity contribution in [1.82, 2.24) is 0 Å². The van der Waals surface area contributed by atoms with Gasteiger partial charge in [-0.1, -0.05) is 12.1 Å². The fourth-order valence-electron chi connectivity index (χ4n) is 3.46. The molecule has 0 saturated heterocycles. The molecule has 0 aliphatic heterocycles. The minimum Gasteiger partial charge on any atom is -0.493 e. The number of aryl methyl sites for hydroxylation is 1. The fourth-order valence-corrected chi connectivity index (χ4v) is 3.46. The molecular weight excluding hydrogens is 196 g/mol. The molecule has 1 nitrogen and oxygen atoms in total. The summed E-state index contributed by atoms with van der Waals surface area (Å²) in [4.78, 5) is 0. The molecule has 0 N–H and O–H groups in total. The normalized spacial score (nSPS) is 31.9. The highest BCUT2D eigenvalue weighted by molar-refractivity contribution is 5.27. The molecule has 0 amide bonds. The van der Waals surface area contributed by atoms with Crippen LogP contribution < -0.4 is 4.74 Å². The third kappa shape index (κ3) is 1.83. The van der Waals surface area contributed by atoms with Crippen LogP contribution in [0, 0.1) is 18.3 Å². The molecule has 86 valence electrons. The Morgan fingerprint density at radius 1 is 1.31 bits per heavy atom. The van der Waals surface area contributed by atoms with E-state index in [2.05, 4.69) is 31.2 Å². The number of hydrogen-bond acceptors (Lipinski definition) is 1. The minimum absolute atomic E-state index is 0.536. The summed E-state index contributed by atoms with van der Waals surface area (Å²) < 4.78 is 5.99. The zero-order valence-corrected chi connectivity index (χ0v) is 10.0. The van der Waals surface area contributed by atoms with Gasteiger partial charge in [0.25, 0.3) is 0 Å². The number of hydrogen-bond donors (Lipinski definition) is 0. The molecule has 3 rings (SSSR count). The first kappa shape index (κ1) is 10.2. The van der Waals surface area contributed by atoms with Gasteiger partial charge in [-0.3, -0.25) is 0 Å². The summed E-state index contributed by atoms with van der Waals surface area (Å²) >= 11 is 0. The topological polar surface area (TPSA) is 9.23 Å². The van der Waals surface area contributed by atoms with Gasteiger partial charge >= 0.3 is 0 Å². The van der Waals surface area contributed by atoms with Gasteiger partial charge in [-0.05, 0) is 62.6 Å². The van der Waals surface area contributed by atoms with Crippen LogP contribution in [0.3, 0.4) is 0 Å². The average molecular weight is 216 g/mol. The van der Waals surface area contributed by atoms with Crippen LogP contribution in [0.1, 0.15) is 37.7 Å². The Kier molecular flexibility index (Phi) is 2.42. The van der Waals surface area contributed by atoms with Crippen LogP contribution >= 0.6 is 0 Å². The first-order chi connectivity index (χ1) is 7.76. The van der Waals surface area contributed by atoms with E-state index >= 15 is 0 Å². The Labute approximate surface area is 97.8 Å². The molecule has 0 spiro atoms. The standard InChI is InChI=1S/C15H20O/c1-12-3-2-4-14(9-12)16-11-15-7-5-13(10-15)6-8-15/h2-4,9,13H,5-8,10-11H2,1H3. The number of rotatable bonds is 3. The van der Waals surface area contributed by atoms with Crippen molar-refractivity contribution in [2.45, 2.75) is 39.0 Å². The maximum atomic E-state index is 5.99. The average Bonchev–Trinajstić information content (AvgIpc) is 2.87. The van der Waals surface area contributed by atoms with E-state index in [1.165, 1.54) is 37.7 Å². The van der Waals surface area contributed by atoms with Crippen LogP contribution in [0.25, 0.3) is 0 Å². The molecule has 2 saturated carbocycles. The van der Waals surface area contributed by atoms with E-state index in [0.717, 1.165) is 18.3 Å². The van der Waals surface area contributed by atoms with Gasteiger partial charge in [-0.15, -0.1) is 0 Å². The van der Waals surface area contributed by atoms with Crippen molar-refractivity contribution in [3.8, 4) is 5.75 Å². The monoisotopic (exact) mass is 216 g/mol. The maximum Gasteiger partial charge on any atom is 0.119 e. The number of benzene rings is 1. The van der Waals surface area contributed by atoms with Gasteiger partial charge in [0.2, 0.25) is 0 Å². The molecule has 1 heteroatoms. The smallest absolute Gasteiger partial charge is 0.119 e. The van der Waals surface area contributed by atoms with Crippen molar-refractivity contribution in [1.29, 1.82) is 0 Å². The van der Waals surface area contributed by atoms with Crippen molar-refractivity contribution in [3.05, 3.63) is 29.8 Å². The zero-order chi connectivity index (χ0) is 11.0. The summed E-state index contributed by atoms with van der Waals surface area (Å²) in [5, 5.41) is 0. The second-order valence-electron chi connectivity index (χ2n) is 5.75. The second kappa shape index (κ2) is 3.80. The minimum atomic E-state index is 0.536. The lowest BCUT2D eigenvalue weighted by Gasteiger charge is -2.26. The Hall–Kier alpha value is -0.980. The van der Waals surface area contributed by atoms with Crippen LogP contribution in [0.4, 0.5) is 0 Å². The van der Waals surface area contributed by atoms with Gasteiger partial charge in [0.15, 0.2) is 0 Å². The van der Waals surface area contributed by atoms with Crippen molar-refractivity contribution >= 4 is 0 Å². The number of fused-ring (bicyclic) bond motifs is 2. The second-order valence-corrected chi connectivity index (χ2v) is 5.75. The molecule has 2 fully saturated rings. The van der Waals surface area contributed by atoms with Gasteiger partial charge in [0.1, 0.15) is 5.75 Å². The van der Waals surface area contributed by atoms with Crippen molar-refractivity contribution in [2.24, 2.45) is 11.3 Å². The summed E-state index contributed by atoms with van der Waals surface area (Å²) in [7, 11) is 0. The predicted octanol–water partition coefficient (Wildman–Crippen LogP) is 3.95. The van der Waals surface area contributed by atoms with Gasteiger partial charge in [-0.2, -0.15) is 0 Å². The third-order valence-electron chi connectivity index (χ3n) is 4.42. The SMILES string of the molecule is Cc1cccc(OCC23CCC(CC2)C3)c1. The number of ether oxygens (including phenoxy) is 1. The Balaban J connectivity index is 1.64. The molecule has 16 heavy (non-hydrogen) atoms. The summed E-state index contributed by atoms with van der Waals surface area (Å²) in [6.45, 7) is 3.05. The van der Waals surface area contributed by atoms with Crippen LogP contribution in [-0.2, 0) is 0 Å². The van der Waals surface area contributed by atoms with Crippen LogP contribution in [0.5, 0.6) is 5.75 Å². The molecule has 1 aromatic rings. The molecule has 0 unspecified atom stereocenters. The van der Waals surface area contributed by atoms with Crippen molar-refractivity contribution in [2.75, 3.05) is 6.61 Å². The third-order valence-corrected chi connectivity index (χ3v) is 4.42. The van der Waals surface area contributed by atoms with E-state index in [1.807, 2.05) is 0 Å². The van der Waals surface area contributed by atoms with Crippen LogP contribution in [-0.4, -0.2) is 6.61 Å². The van der Waals surface area contributed by atoms with E-state index in [1.54, 1.807) is 0 Å². The zero-order valence-electron chi connectivity index (χ0n) is 10.0. The van der Waals surface area contributed by atoms with Crippen LogP contribution in [0.2, 0.25) is 0 Å². The summed E-state index contributed by atoms with van der Waals surface area (Å²) in [6, 6.07) is 8.41. The van der Waals surface area contributed by atoms with Crippen LogP contribution in [0.15, 0.2) is 24.3 Å². The first-order valence-electron chi connectivity index (χ1n) is 6.45. The molecule has 2 aliphatic carbocycles. The molecule has 0 atom stereocenters. The van der Waals surface area contributed by atoms with Gasteiger partial charge in [-0.25, -0.2) is 0 Å². The molecule has 0 radical (unpaired) electrons. The Morgan fingerprint density at radius 3 is 2.75 bits per heavy atom. The van der Waals surface area contributed by atoms with E-state index in [9.17, 15) is 0 Å². The quantitative estimate of drug-likeness (QED) is 0.743. The van der Waals surface area contributed by atoms with Gasteiger partial charge in [0.05, 0.1) is 6.61 Å². The largest absolute Gasteiger partial charge is 0.493 e. The van der Waals surface area contributed by atoms with Crippen molar-refractivity contribution < 1.29 is 4.74 Å². The molecule has 0 aromatic heterocycles. The lowest BCUT2D eigenvalue weighted by Crippen LogP contribution is -2.23. The van der Waals surface area contributed by atoms with E-state index in [-0.39, 0.29) is 0 Å². The molecule has 0 heterocycles. The first-order valence-corrected chi connectivity index (χ1v) is 6.45. The molecule has 2 bridgehead atoms. The highest BCUT2D eigenvalue weighted by atomic mass is 16.5. The predicted molar refractivity (Wildman–Crippen MR) is 65.7 cm³/mol. The molecular formula is C15H20O. The Bertz CT molecular complexity index is 375. The highest BCUT2D eigenvalue weighted by Crippen LogP contribution is 2.54. The van der Waals surface area contributed by atoms with E-state index < -0.39 is 0 Å². The summed E-state index contributed by atoms with van der Waals surface area (Å²) in [6.07, 6.45) is 7.08.